The molecule has 0 amide bonds. The summed E-state index contributed by atoms with van der Waals surface area (Å²) in [6, 6.07) is 4.58. The number of fused-ring (bicyclic) bond motifs is 1. The predicted octanol–water partition coefficient (Wildman–Crippen LogP) is 4.77. The SMILES string of the molecule is CC(C)(C)[S@+]([O-])N[C@H]1c2c(S(=O)(=O)C(F)(F)F)ccc(Oc3cc(F)cc(C#N)c3)c2C[C@@H]1F. The Kier molecular flexibility index (Phi) is 6.93. The molecule has 0 saturated carbocycles. The Balaban J connectivity index is 2.19. The van der Waals surface area contributed by atoms with E-state index < -0.39 is 66.4 Å². The molecule has 0 aliphatic heterocycles. The molecule has 6 nitrogen and oxygen atoms in total. The van der Waals surface area contributed by atoms with Crippen molar-refractivity contribution < 1.29 is 39.7 Å². The van der Waals surface area contributed by atoms with Crippen molar-refractivity contribution in [1.82, 2.24) is 4.72 Å². The molecule has 34 heavy (non-hydrogen) atoms. The minimum absolute atomic E-state index is 0.105. The smallest absolute Gasteiger partial charge is 0.501 e. The maximum atomic E-state index is 15.1. The summed E-state index contributed by atoms with van der Waals surface area (Å²) < 4.78 is 113. The van der Waals surface area contributed by atoms with E-state index in [-0.39, 0.29) is 22.6 Å². The summed E-state index contributed by atoms with van der Waals surface area (Å²) >= 11 is -1.96. The topological polar surface area (TPSA) is 102 Å². The number of benzene rings is 2. The highest BCUT2D eigenvalue weighted by Crippen LogP contribution is 2.46. The molecular weight excluding hydrogens is 503 g/mol. The average Bonchev–Trinajstić information content (AvgIpc) is 3.02. The number of rotatable bonds is 5. The van der Waals surface area contributed by atoms with Gasteiger partial charge in [0.2, 0.25) is 0 Å². The fourth-order valence-electron chi connectivity index (χ4n) is 3.36. The van der Waals surface area contributed by atoms with Gasteiger partial charge in [0.05, 0.1) is 16.5 Å². The Labute approximate surface area is 196 Å². The summed E-state index contributed by atoms with van der Waals surface area (Å²) in [6.45, 7) is 4.63. The molecule has 0 spiro atoms. The summed E-state index contributed by atoms with van der Waals surface area (Å²) in [5.41, 5.74) is -6.54. The molecule has 0 saturated heterocycles. The molecule has 0 unspecified atom stereocenters. The third-order valence-corrected chi connectivity index (χ3v) is 8.08. The van der Waals surface area contributed by atoms with Crippen molar-refractivity contribution in [2.45, 2.75) is 54.6 Å². The second-order valence-corrected chi connectivity index (χ2v) is 12.4. The molecule has 1 aliphatic carbocycles. The van der Waals surface area contributed by atoms with Gasteiger partial charge in [-0.05, 0) is 45.0 Å². The number of halogens is 5. The third kappa shape index (κ3) is 5.00. The first-order chi connectivity index (χ1) is 15.6. The minimum atomic E-state index is -5.90. The van der Waals surface area contributed by atoms with E-state index in [1.165, 1.54) is 0 Å². The van der Waals surface area contributed by atoms with Crippen LogP contribution in [0.1, 0.15) is 43.5 Å². The van der Waals surface area contributed by atoms with Gasteiger partial charge in [0.15, 0.2) is 0 Å². The molecule has 0 fully saturated rings. The molecular formula is C21H19F5N2O4S2. The van der Waals surface area contributed by atoms with E-state index in [9.17, 15) is 30.5 Å². The van der Waals surface area contributed by atoms with E-state index in [1.807, 2.05) is 0 Å². The van der Waals surface area contributed by atoms with Gasteiger partial charge in [0.1, 0.15) is 34.3 Å². The van der Waals surface area contributed by atoms with Crippen molar-refractivity contribution in [2.75, 3.05) is 0 Å². The quantitative estimate of drug-likeness (QED) is 0.448. The lowest BCUT2D eigenvalue weighted by Crippen LogP contribution is -2.43. The molecule has 1 aliphatic rings. The molecule has 0 radical (unpaired) electrons. The summed E-state index contributed by atoms with van der Waals surface area (Å²) in [5.74, 6) is -1.25. The van der Waals surface area contributed by atoms with E-state index >= 15 is 4.39 Å². The van der Waals surface area contributed by atoms with Crippen molar-refractivity contribution in [3.8, 4) is 17.6 Å². The first kappa shape index (κ1) is 26.2. The highest BCUT2D eigenvalue weighted by Gasteiger charge is 2.52. The lowest BCUT2D eigenvalue weighted by atomic mass is 10.1. The van der Waals surface area contributed by atoms with Crippen LogP contribution in [0.5, 0.6) is 11.5 Å². The largest absolute Gasteiger partial charge is 0.598 e. The van der Waals surface area contributed by atoms with Crippen molar-refractivity contribution in [3.05, 3.63) is 52.8 Å². The Hall–Kier alpha value is -2.40. The van der Waals surface area contributed by atoms with Gasteiger partial charge in [-0.15, -0.1) is 4.72 Å². The van der Waals surface area contributed by atoms with Gasteiger partial charge < -0.3 is 9.29 Å². The van der Waals surface area contributed by atoms with E-state index in [0.717, 1.165) is 24.3 Å². The van der Waals surface area contributed by atoms with E-state index in [4.69, 9.17) is 10.00 Å². The fourth-order valence-corrected chi connectivity index (χ4v) is 5.25. The second kappa shape index (κ2) is 8.99. The lowest BCUT2D eigenvalue weighted by molar-refractivity contribution is -0.0436. The number of nitrogens with one attached hydrogen (secondary N) is 1. The summed E-state index contributed by atoms with van der Waals surface area (Å²) in [6.07, 6.45) is -2.49. The highest BCUT2D eigenvalue weighted by atomic mass is 32.2. The second-order valence-electron chi connectivity index (χ2n) is 8.49. The zero-order valence-corrected chi connectivity index (χ0v) is 19.7. The van der Waals surface area contributed by atoms with Crippen LogP contribution in [0.2, 0.25) is 0 Å². The van der Waals surface area contributed by atoms with Gasteiger partial charge in [0.25, 0.3) is 9.84 Å². The fraction of sp³-hybridized carbons (Fsp3) is 0.381. The predicted molar refractivity (Wildman–Crippen MR) is 113 cm³/mol. The van der Waals surface area contributed by atoms with Gasteiger partial charge in [-0.2, -0.15) is 18.4 Å². The van der Waals surface area contributed by atoms with Crippen LogP contribution in [-0.4, -0.2) is 29.4 Å². The van der Waals surface area contributed by atoms with Crippen LogP contribution >= 0.6 is 0 Å². The Morgan fingerprint density at radius 1 is 1.21 bits per heavy atom. The Bertz CT molecular complexity index is 1250. The average molecular weight is 523 g/mol. The zero-order valence-electron chi connectivity index (χ0n) is 18.0. The Morgan fingerprint density at radius 3 is 2.41 bits per heavy atom. The van der Waals surface area contributed by atoms with Crippen LogP contribution < -0.4 is 9.46 Å². The van der Waals surface area contributed by atoms with Crippen molar-refractivity contribution in [1.29, 1.82) is 5.26 Å². The number of alkyl halides is 4. The molecule has 3 rings (SSSR count). The van der Waals surface area contributed by atoms with Crippen LogP contribution in [0, 0.1) is 17.1 Å². The van der Waals surface area contributed by atoms with Crippen molar-refractivity contribution in [3.63, 3.8) is 0 Å². The minimum Gasteiger partial charge on any atom is -0.598 e. The van der Waals surface area contributed by atoms with Crippen LogP contribution in [0.3, 0.4) is 0 Å². The molecule has 184 valence electrons. The highest BCUT2D eigenvalue weighted by molar-refractivity contribution is 7.92. The Morgan fingerprint density at radius 2 is 1.85 bits per heavy atom. The first-order valence-electron chi connectivity index (χ1n) is 9.74. The van der Waals surface area contributed by atoms with Crippen LogP contribution in [0.15, 0.2) is 35.2 Å². The third-order valence-electron chi connectivity index (χ3n) is 4.96. The first-order valence-corrected chi connectivity index (χ1v) is 12.4. The molecule has 1 N–H and O–H groups in total. The molecule has 2 aromatic carbocycles. The van der Waals surface area contributed by atoms with E-state index in [2.05, 4.69) is 4.72 Å². The summed E-state index contributed by atoms with van der Waals surface area (Å²) in [4.78, 5) is -1.19. The molecule has 13 heteroatoms. The number of nitriles is 1. The number of nitrogens with zero attached hydrogens (tertiary/aromatic N) is 1. The summed E-state index contributed by atoms with van der Waals surface area (Å²) in [7, 11) is -5.90. The van der Waals surface area contributed by atoms with Crippen LogP contribution in [0.4, 0.5) is 22.0 Å². The monoisotopic (exact) mass is 522 g/mol. The van der Waals surface area contributed by atoms with E-state index in [0.29, 0.717) is 6.07 Å². The lowest BCUT2D eigenvalue weighted by Gasteiger charge is -2.28. The summed E-state index contributed by atoms with van der Waals surface area (Å²) in [5, 5.41) is 9.00. The van der Waals surface area contributed by atoms with Crippen LogP contribution in [0.25, 0.3) is 0 Å². The molecule has 0 aromatic heterocycles. The van der Waals surface area contributed by atoms with Gasteiger partial charge in [0, 0.05) is 35.0 Å². The number of hydrogen-bond acceptors (Lipinski definition) is 6. The standard InChI is InChI=1S/C21H19F5N2O4S2/c1-20(2,3)33(29)28-19-15(23)9-14-16(32-13-7-11(10-27)6-12(22)8-13)4-5-17(18(14)19)34(30,31)21(24,25)26/h4-8,15,19,28H,9H2,1-3H3/t15-,19+,33-/m0/s1. The number of hydrogen-bond donors (Lipinski definition) is 1. The van der Waals surface area contributed by atoms with Gasteiger partial charge in [-0.3, -0.25) is 0 Å². The maximum Gasteiger partial charge on any atom is 0.501 e. The normalized spacial score (nSPS) is 19.4. The molecule has 3 atom stereocenters. The number of sulfone groups is 1. The van der Waals surface area contributed by atoms with Gasteiger partial charge >= 0.3 is 5.51 Å². The maximum absolute atomic E-state index is 15.1. The molecule has 0 bridgehead atoms. The van der Waals surface area contributed by atoms with Crippen LogP contribution in [-0.2, 0) is 27.6 Å². The van der Waals surface area contributed by atoms with Gasteiger partial charge in [-0.25, -0.2) is 17.2 Å². The van der Waals surface area contributed by atoms with Crippen molar-refractivity contribution in [2.24, 2.45) is 0 Å². The van der Waals surface area contributed by atoms with Crippen molar-refractivity contribution >= 4 is 21.2 Å². The zero-order chi connectivity index (χ0) is 25.6. The molecule has 0 heterocycles. The van der Waals surface area contributed by atoms with Gasteiger partial charge in [-0.1, -0.05) is 0 Å². The number of ether oxygens (including phenoxy) is 1. The molecule has 2 aromatic rings. The van der Waals surface area contributed by atoms with E-state index in [1.54, 1.807) is 26.8 Å².